The molecule has 1 aromatic carbocycles. The zero-order valence-corrected chi connectivity index (χ0v) is 15.0. The molecule has 0 fully saturated rings. The molecule has 7 heteroatoms. The van der Waals surface area contributed by atoms with Crippen LogP contribution in [0.15, 0.2) is 42.5 Å². The second kappa shape index (κ2) is 8.70. The van der Waals surface area contributed by atoms with Crippen LogP contribution >= 0.6 is 22.9 Å². The van der Waals surface area contributed by atoms with E-state index in [1.165, 1.54) is 16.2 Å². The summed E-state index contributed by atoms with van der Waals surface area (Å²) in [5.41, 5.74) is 0. The van der Waals surface area contributed by atoms with E-state index < -0.39 is 12.1 Å². The highest BCUT2D eigenvalue weighted by molar-refractivity contribution is 7.16. The van der Waals surface area contributed by atoms with E-state index in [-0.39, 0.29) is 12.5 Å². The Kier molecular flexibility index (Phi) is 6.63. The van der Waals surface area contributed by atoms with Gasteiger partial charge in [0.05, 0.1) is 10.9 Å². The smallest absolute Gasteiger partial charge is 0.347 e. The normalized spacial score (nSPS) is 11.6. The van der Waals surface area contributed by atoms with Gasteiger partial charge in [-0.2, -0.15) is 0 Å². The maximum atomic E-state index is 12.0. The summed E-state index contributed by atoms with van der Waals surface area (Å²) >= 11 is 7.27. The number of hydrogen-bond acceptors (Lipinski definition) is 5. The van der Waals surface area contributed by atoms with Crippen LogP contribution in [0.1, 0.15) is 11.8 Å². The van der Waals surface area contributed by atoms with Gasteiger partial charge in [-0.05, 0) is 31.2 Å². The average molecular weight is 368 g/mol. The average Bonchev–Trinajstić information content (AvgIpc) is 2.98. The Balaban J connectivity index is 1.76. The van der Waals surface area contributed by atoms with Gasteiger partial charge in [0.1, 0.15) is 5.75 Å². The number of benzene rings is 1. The lowest BCUT2D eigenvalue weighted by Crippen LogP contribution is -2.33. The van der Waals surface area contributed by atoms with Gasteiger partial charge in [0.2, 0.25) is 0 Å². The third kappa shape index (κ3) is 5.54. The molecule has 0 saturated heterocycles. The predicted molar refractivity (Wildman–Crippen MR) is 93.3 cm³/mol. The molecule has 1 atom stereocenters. The molecule has 5 nitrogen and oxygen atoms in total. The first-order chi connectivity index (χ1) is 11.5. The number of para-hydroxylation sites is 1. The van der Waals surface area contributed by atoms with E-state index in [9.17, 15) is 9.59 Å². The van der Waals surface area contributed by atoms with Crippen molar-refractivity contribution < 1.29 is 19.1 Å². The van der Waals surface area contributed by atoms with Crippen molar-refractivity contribution in [3.05, 3.63) is 51.7 Å². The molecule has 0 spiro atoms. The van der Waals surface area contributed by atoms with Gasteiger partial charge in [0, 0.05) is 11.9 Å². The SMILES string of the molecule is CC(Oc1ccccc1)C(=O)OCC(=O)N(C)Cc1ccc(Cl)s1. The lowest BCUT2D eigenvalue weighted by atomic mass is 10.3. The molecule has 0 radical (unpaired) electrons. The molecule has 0 saturated carbocycles. The van der Waals surface area contributed by atoms with Crippen LogP contribution in [0.25, 0.3) is 0 Å². The number of nitrogens with zero attached hydrogens (tertiary/aromatic N) is 1. The summed E-state index contributed by atoms with van der Waals surface area (Å²) in [7, 11) is 1.65. The highest BCUT2D eigenvalue weighted by Crippen LogP contribution is 2.22. The second-order valence-electron chi connectivity index (χ2n) is 5.14. The topological polar surface area (TPSA) is 55.8 Å². The van der Waals surface area contributed by atoms with Crippen LogP contribution in [-0.4, -0.2) is 36.5 Å². The van der Waals surface area contributed by atoms with Gasteiger partial charge in [-0.25, -0.2) is 4.79 Å². The Morgan fingerprint density at radius 3 is 2.54 bits per heavy atom. The maximum absolute atomic E-state index is 12.0. The Morgan fingerprint density at radius 2 is 1.92 bits per heavy atom. The fraction of sp³-hybridized carbons (Fsp3) is 0.294. The summed E-state index contributed by atoms with van der Waals surface area (Å²) in [6.07, 6.45) is -0.790. The van der Waals surface area contributed by atoms with E-state index in [4.69, 9.17) is 21.1 Å². The molecule has 24 heavy (non-hydrogen) atoms. The van der Waals surface area contributed by atoms with E-state index in [1.807, 2.05) is 24.3 Å². The molecular weight excluding hydrogens is 350 g/mol. The number of likely N-dealkylation sites (N-methyl/N-ethyl adjacent to an activating group) is 1. The van der Waals surface area contributed by atoms with Crippen molar-refractivity contribution in [1.29, 1.82) is 0 Å². The zero-order chi connectivity index (χ0) is 17.5. The minimum absolute atomic E-state index is 0.292. The summed E-state index contributed by atoms with van der Waals surface area (Å²) in [5.74, 6) is -0.306. The monoisotopic (exact) mass is 367 g/mol. The summed E-state index contributed by atoms with van der Waals surface area (Å²) < 4.78 is 11.1. The molecule has 2 aromatic rings. The van der Waals surface area contributed by atoms with Crippen molar-refractivity contribution in [2.75, 3.05) is 13.7 Å². The fourth-order valence-electron chi connectivity index (χ4n) is 1.87. The minimum Gasteiger partial charge on any atom is -0.479 e. The molecule has 1 amide bonds. The number of carbonyl (C=O) groups excluding carboxylic acids is 2. The molecular formula is C17H18ClNO4S. The third-order valence-corrected chi connectivity index (χ3v) is 4.39. The number of rotatable bonds is 7. The number of esters is 1. The standard InChI is InChI=1S/C17H18ClNO4S/c1-12(23-13-6-4-3-5-7-13)17(21)22-11-16(20)19(2)10-14-8-9-15(18)24-14/h3-9,12H,10-11H2,1-2H3. The van der Waals surface area contributed by atoms with Crippen LogP contribution in [0.2, 0.25) is 4.34 Å². The van der Waals surface area contributed by atoms with Gasteiger partial charge in [-0.15, -0.1) is 11.3 Å². The minimum atomic E-state index is -0.790. The van der Waals surface area contributed by atoms with Gasteiger partial charge < -0.3 is 14.4 Å². The molecule has 1 heterocycles. The summed E-state index contributed by atoms with van der Waals surface area (Å²) in [4.78, 5) is 26.4. The van der Waals surface area contributed by atoms with E-state index in [1.54, 1.807) is 32.2 Å². The first-order valence-electron chi connectivity index (χ1n) is 7.32. The lowest BCUT2D eigenvalue weighted by Gasteiger charge is -2.17. The van der Waals surface area contributed by atoms with Crippen LogP contribution in [0.5, 0.6) is 5.75 Å². The Bertz CT molecular complexity index is 689. The van der Waals surface area contributed by atoms with Crippen molar-refractivity contribution >= 4 is 34.8 Å². The van der Waals surface area contributed by atoms with E-state index in [0.717, 1.165) is 4.88 Å². The fourth-order valence-corrected chi connectivity index (χ4v) is 3.01. The Hall–Kier alpha value is -2.05. The Labute approximate surface area is 149 Å². The molecule has 128 valence electrons. The van der Waals surface area contributed by atoms with Crippen molar-refractivity contribution in [3.8, 4) is 5.75 Å². The Morgan fingerprint density at radius 1 is 1.21 bits per heavy atom. The van der Waals surface area contributed by atoms with Crippen molar-refractivity contribution in [3.63, 3.8) is 0 Å². The quantitative estimate of drug-likeness (QED) is 0.704. The first-order valence-corrected chi connectivity index (χ1v) is 8.51. The van der Waals surface area contributed by atoms with Gasteiger partial charge in [-0.1, -0.05) is 29.8 Å². The lowest BCUT2D eigenvalue weighted by molar-refractivity contribution is -0.157. The summed E-state index contributed by atoms with van der Waals surface area (Å²) in [6, 6.07) is 12.6. The van der Waals surface area contributed by atoms with Crippen molar-refractivity contribution in [2.24, 2.45) is 0 Å². The largest absolute Gasteiger partial charge is 0.479 e. The number of amides is 1. The van der Waals surface area contributed by atoms with Gasteiger partial charge in [0.15, 0.2) is 12.7 Å². The maximum Gasteiger partial charge on any atom is 0.347 e. The predicted octanol–water partition coefficient (Wildman–Crippen LogP) is 3.37. The molecule has 1 aromatic heterocycles. The second-order valence-corrected chi connectivity index (χ2v) is 6.94. The van der Waals surface area contributed by atoms with Crippen LogP contribution in [0.3, 0.4) is 0 Å². The van der Waals surface area contributed by atoms with E-state index >= 15 is 0 Å². The van der Waals surface area contributed by atoms with Crippen molar-refractivity contribution in [2.45, 2.75) is 19.6 Å². The number of carbonyl (C=O) groups is 2. The highest BCUT2D eigenvalue weighted by atomic mass is 35.5. The van der Waals surface area contributed by atoms with Crippen LogP contribution in [0, 0.1) is 0 Å². The number of halogens is 1. The van der Waals surface area contributed by atoms with Crippen LogP contribution < -0.4 is 4.74 Å². The summed E-state index contributed by atoms with van der Waals surface area (Å²) in [5, 5.41) is 0. The molecule has 0 aliphatic rings. The number of hydrogen-bond donors (Lipinski definition) is 0. The van der Waals surface area contributed by atoms with Crippen LogP contribution in [-0.2, 0) is 20.9 Å². The van der Waals surface area contributed by atoms with Gasteiger partial charge in [-0.3, -0.25) is 4.79 Å². The molecule has 0 N–H and O–H groups in total. The molecule has 0 bridgehead atoms. The van der Waals surface area contributed by atoms with E-state index in [2.05, 4.69) is 0 Å². The molecule has 1 unspecified atom stereocenters. The van der Waals surface area contributed by atoms with Crippen molar-refractivity contribution in [1.82, 2.24) is 4.90 Å². The molecule has 0 aliphatic carbocycles. The number of thiophene rings is 1. The number of ether oxygens (including phenoxy) is 2. The highest BCUT2D eigenvalue weighted by Gasteiger charge is 2.19. The third-order valence-electron chi connectivity index (χ3n) is 3.17. The zero-order valence-electron chi connectivity index (χ0n) is 13.4. The van der Waals surface area contributed by atoms with Gasteiger partial charge in [0.25, 0.3) is 5.91 Å². The first kappa shape index (κ1) is 18.3. The van der Waals surface area contributed by atoms with E-state index in [0.29, 0.717) is 16.6 Å². The molecule has 2 rings (SSSR count). The molecule has 0 aliphatic heterocycles. The van der Waals surface area contributed by atoms with Gasteiger partial charge >= 0.3 is 5.97 Å². The van der Waals surface area contributed by atoms with Crippen LogP contribution in [0.4, 0.5) is 0 Å². The summed E-state index contributed by atoms with van der Waals surface area (Å²) in [6.45, 7) is 1.68.